The maximum absolute atomic E-state index is 6.06. The molecule has 1 aromatic carbocycles. The number of aromatic nitrogens is 2. The molecule has 1 aliphatic carbocycles. The molecule has 0 radical (unpaired) electrons. The van der Waals surface area contributed by atoms with Crippen molar-refractivity contribution in [3.63, 3.8) is 0 Å². The van der Waals surface area contributed by atoms with Crippen LogP contribution in [0.5, 0.6) is 0 Å². The van der Waals surface area contributed by atoms with Crippen molar-refractivity contribution in [3.8, 4) is 0 Å². The van der Waals surface area contributed by atoms with Crippen LogP contribution in [-0.4, -0.2) is 16.1 Å². The van der Waals surface area contributed by atoms with Crippen LogP contribution >= 0.6 is 0 Å². The lowest BCUT2D eigenvalue weighted by Gasteiger charge is -2.28. The van der Waals surface area contributed by atoms with E-state index in [4.69, 9.17) is 5.73 Å². The standard InChI is InChI=1S/C17H23N3/c1-20-11-10-19-16(20)12-14-4-6-15(7-5-14)17(13-18)8-2-3-9-17/h4-7,10-11H,2-3,8-9,12-13,18H2,1H3. The molecule has 1 aromatic heterocycles. The predicted octanol–water partition coefficient (Wildman–Crippen LogP) is 2.78. The van der Waals surface area contributed by atoms with Gasteiger partial charge in [0.1, 0.15) is 5.82 Å². The highest BCUT2D eigenvalue weighted by Crippen LogP contribution is 2.40. The number of rotatable bonds is 4. The van der Waals surface area contributed by atoms with Gasteiger partial charge in [0.2, 0.25) is 0 Å². The van der Waals surface area contributed by atoms with Gasteiger partial charge in [0.15, 0.2) is 0 Å². The summed E-state index contributed by atoms with van der Waals surface area (Å²) in [7, 11) is 2.04. The van der Waals surface area contributed by atoms with Crippen molar-refractivity contribution >= 4 is 0 Å². The Balaban J connectivity index is 1.79. The Morgan fingerprint density at radius 1 is 1.20 bits per heavy atom. The van der Waals surface area contributed by atoms with Crippen molar-refractivity contribution in [2.45, 2.75) is 37.5 Å². The third-order valence-electron chi connectivity index (χ3n) is 4.80. The summed E-state index contributed by atoms with van der Waals surface area (Å²) >= 11 is 0. The highest BCUT2D eigenvalue weighted by Gasteiger charge is 2.33. The molecule has 0 aliphatic heterocycles. The lowest BCUT2D eigenvalue weighted by Crippen LogP contribution is -2.31. The topological polar surface area (TPSA) is 43.8 Å². The van der Waals surface area contributed by atoms with Gasteiger partial charge in [-0.2, -0.15) is 0 Å². The van der Waals surface area contributed by atoms with Gasteiger partial charge in [-0.25, -0.2) is 4.98 Å². The van der Waals surface area contributed by atoms with Crippen LogP contribution in [0.3, 0.4) is 0 Å². The van der Waals surface area contributed by atoms with Gasteiger partial charge in [-0.05, 0) is 24.0 Å². The molecule has 2 aromatic rings. The van der Waals surface area contributed by atoms with Crippen molar-refractivity contribution < 1.29 is 0 Å². The Hall–Kier alpha value is -1.61. The SMILES string of the molecule is Cn1ccnc1Cc1ccc(C2(CN)CCCC2)cc1. The second-order valence-corrected chi connectivity index (χ2v) is 6.02. The van der Waals surface area contributed by atoms with E-state index in [0.717, 1.165) is 18.8 Å². The zero-order chi connectivity index (χ0) is 14.0. The van der Waals surface area contributed by atoms with Crippen LogP contribution in [0.2, 0.25) is 0 Å². The molecule has 0 bridgehead atoms. The van der Waals surface area contributed by atoms with Gasteiger partial charge in [-0.15, -0.1) is 0 Å². The minimum atomic E-state index is 0.238. The maximum Gasteiger partial charge on any atom is 0.112 e. The van der Waals surface area contributed by atoms with Gasteiger partial charge >= 0.3 is 0 Å². The molecule has 0 spiro atoms. The third-order valence-corrected chi connectivity index (χ3v) is 4.80. The first-order chi connectivity index (χ1) is 9.73. The molecule has 20 heavy (non-hydrogen) atoms. The van der Waals surface area contributed by atoms with Gasteiger partial charge in [0, 0.05) is 37.8 Å². The van der Waals surface area contributed by atoms with Gasteiger partial charge in [0.25, 0.3) is 0 Å². The first kappa shape index (κ1) is 13.4. The van der Waals surface area contributed by atoms with Gasteiger partial charge in [0.05, 0.1) is 0 Å². The van der Waals surface area contributed by atoms with E-state index in [9.17, 15) is 0 Å². The molecule has 0 amide bonds. The van der Waals surface area contributed by atoms with E-state index >= 15 is 0 Å². The second-order valence-electron chi connectivity index (χ2n) is 6.02. The molecule has 1 aliphatic rings. The van der Waals surface area contributed by atoms with Crippen molar-refractivity contribution in [2.75, 3.05) is 6.54 Å². The number of hydrogen-bond donors (Lipinski definition) is 1. The van der Waals surface area contributed by atoms with E-state index in [2.05, 4.69) is 33.8 Å². The Labute approximate surface area is 120 Å². The fourth-order valence-corrected chi connectivity index (χ4v) is 3.39. The fraction of sp³-hybridized carbons (Fsp3) is 0.471. The van der Waals surface area contributed by atoms with Crippen LogP contribution < -0.4 is 5.73 Å². The zero-order valence-electron chi connectivity index (χ0n) is 12.2. The average molecular weight is 269 g/mol. The molecule has 3 rings (SSSR count). The Morgan fingerprint density at radius 3 is 2.45 bits per heavy atom. The first-order valence-corrected chi connectivity index (χ1v) is 7.49. The predicted molar refractivity (Wildman–Crippen MR) is 81.7 cm³/mol. The largest absolute Gasteiger partial charge is 0.338 e. The number of benzene rings is 1. The molecule has 3 nitrogen and oxygen atoms in total. The van der Waals surface area contributed by atoms with Crippen molar-refractivity contribution in [1.29, 1.82) is 0 Å². The van der Waals surface area contributed by atoms with Crippen LogP contribution in [0.1, 0.15) is 42.6 Å². The minimum absolute atomic E-state index is 0.238. The Bertz CT molecular complexity index is 562. The number of imidazole rings is 1. The maximum atomic E-state index is 6.06. The molecule has 1 saturated carbocycles. The van der Waals surface area contributed by atoms with Gasteiger partial charge < -0.3 is 10.3 Å². The Kier molecular flexibility index (Phi) is 3.62. The highest BCUT2D eigenvalue weighted by atomic mass is 15.0. The molecular weight excluding hydrogens is 246 g/mol. The molecule has 1 heterocycles. The van der Waals surface area contributed by atoms with Crippen LogP contribution in [0.15, 0.2) is 36.7 Å². The lowest BCUT2D eigenvalue weighted by atomic mass is 9.79. The molecule has 2 N–H and O–H groups in total. The number of nitrogens with two attached hydrogens (primary N) is 1. The summed E-state index contributed by atoms with van der Waals surface area (Å²) in [5, 5.41) is 0. The fourth-order valence-electron chi connectivity index (χ4n) is 3.39. The summed E-state index contributed by atoms with van der Waals surface area (Å²) in [6, 6.07) is 9.02. The highest BCUT2D eigenvalue weighted by molar-refractivity contribution is 5.32. The second kappa shape index (κ2) is 5.41. The number of nitrogens with zero attached hydrogens (tertiary/aromatic N) is 2. The summed E-state index contributed by atoms with van der Waals surface area (Å²) < 4.78 is 2.08. The van der Waals surface area contributed by atoms with Crippen molar-refractivity contribution in [1.82, 2.24) is 9.55 Å². The normalized spacial score (nSPS) is 17.5. The summed E-state index contributed by atoms with van der Waals surface area (Å²) in [6.45, 7) is 0.770. The van der Waals surface area contributed by atoms with E-state index in [1.54, 1.807) is 0 Å². The number of aryl methyl sites for hydroxylation is 1. The van der Waals surface area contributed by atoms with E-state index < -0.39 is 0 Å². The van der Waals surface area contributed by atoms with Crippen LogP contribution in [-0.2, 0) is 18.9 Å². The summed E-state index contributed by atoms with van der Waals surface area (Å²) in [4.78, 5) is 4.38. The zero-order valence-corrected chi connectivity index (χ0v) is 12.2. The third kappa shape index (κ3) is 2.38. The molecular formula is C17H23N3. The summed E-state index contributed by atoms with van der Waals surface area (Å²) in [6.07, 6.45) is 9.83. The quantitative estimate of drug-likeness (QED) is 0.927. The van der Waals surface area contributed by atoms with Crippen molar-refractivity contribution in [3.05, 3.63) is 53.6 Å². The molecule has 0 atom stereocenters. The van der Waals surface area contributed by atoms with Crippen LogP contribution in [0.25, 0.3) is 0 Å². The van der Waals surface area contributed by atoms with Crippen molar-refractivity contribution in [2.24, 2.45) is 12.8 Å². The minimum Gasteiger partial charge on any atom is -0.338 e. The molecule has 0 unspecified atom stereocenters. The monoisotopic (exact) mass is 269 g/mol. The number of hydrogen-bond acceptors (Lipinski definition) is 2. The van der Waals surface area contributed by atoms with Gasteiger partial charge in [-0.1, -0.05) is 37.1 Å². The first-order valence-electron chi connectivity index (χ1n) is 7.49. The lowest BCUT2D eigenvalue weighted by molar-refractivity contribution is 0.453. The van der Waals surface area contributed by atoms with E-state index in [-0.39, 0.29) is 5.41 Å². The summed E-state index contributed by atoms with van der Waals surface area (Å²) in [5.74, 6) is 1.10. The average Bonchev–Trinajstić information content (AvgIpc) is 3.10. The van der Waals surface area contributed by atoms with E-state index in [0.29, 0.717) is 0 Å². The van der Waals surface area contributed by atoms with Crippen LogP contribution in [0.4, 0.5) is 0 Å². The van der Waals surface area contributed by atoms with Gasteiger partial charge in [-0.3, -0.25) is 0 Å². The molecule has 106 valence electrons. The molecule has 1 fully saturated rings. The molecule has 0 saturated heterocycles. The van der Waals surface area contributed by atoms with E-state index in [1.807, 2.05) is 19.4 Å². The summed E-state index contributed by atoms with van der Waals surface area (Å²) in [5.41, 5.74) is 9.02. The molecule has 3 heteroatoms. The Morgan fingerprint density at radius 2 is 1.90 bits per heavy atom. The van der Waals surface area contributed by atoms with Crippen LogP contribution in [0, 0.1) is 0 Å². The smallest absolute Gasteiger partial charge is 0.112 e. The van der Waals surface area contributed by atoms with E-state index in [1.165, 1.54) is 36.8 Å².